The molecular weight excluding hydrogens is 458 g/mol. The number of aliphatic hydroxyl groups excluding tert-OH is 2. The van der Waals surface area contributed by atoms with Gasteiger partial charge < -0.3 is 15.1 Å². The van der Waals surface area contributed by atoms with E-state index in [0.29, 0.717) is 11.0 Å². The molecule has 2 amide bonds. The summed E-state index contributed by atoms with van der Waals surface area (Å²) in [6.07, 6.45) is -8.77. The van der Waals surface area contributed by atoms with Crippen molar-refractivity contribution in [3.8, 4) is 0 Å². The van der Waals surface area contributed by atoms with Gasteiger partial charge in [-0.1, -0.05) is 11.6 Å². The van der Waals surface area contributed by atoms with E-state index >= 15 is 0 Å². The molecule has 172 valence electrons. The molecule has 1 aromatic carbocycles. The number of likely N-dealkylation sites (N-methyl/N-ethyl adjacent to an activating group) is 1. The number of aliphatic hydroxyl groups is 2. The van der Waals surface area contributed by atoms with Crippen LogP contribution in [0.2, 0.25) is 5.02 Å². The number of alkyl halides is 3. The first-order valence-electron chi connectivity index (χ1n) is 9.38. The van der Waals surface area contributed by atoms with Gasteiger partial charge in [-0.2, -0.15) is 13.2 Å². The van der Waals surface area contributed by atoms with Crippen LogP contribution in [-0.2, 0) is 15.8 Å². The third kappa shape index (κ3) is 4.27. The Balaban J connectivity index is 2.09. The predicted octanol–water partition coefficient (Wildman–Crippen LogP) is 2.69. The zero-order valence-corrected chi connectivity index (χ0v) is 17.5. The number of pyridine rings is 1. The lowest BCUT2D eigenvalue weighted by atomic mass is 10.1. The molecule has 12 heteroatoms. The average Bonchev–Trinajstić information content (AvgIpc) is 2.94. The summed E-state index contributed by atoms with van der Waals surface area (Å²) >= 11 is 5.77. The Bertz CT molecular complexity index is 1070. The van der Waals surface area contributed by atoms with E-state index in [-0.39, 0.29) is 22.9 Å². The molecule has 0 spiro atoms. The number of hydrogen-bond donors (Lipinski definition) is 2. The largest absolute Gasteiger partial charge is 0.416 e. The molecule has 1 fully saturated rings. The first kappa shape index (κ1) is 23.9. The number of aryl methyl sites for hydroxylation is 1. The summed E-state index contributed by atoms with van der Waals surface area (Å²) in [5.74, 6) is -3.40. The van der Waals surface area contributed by atoms with Crippen LogP contribution in [0.1, 0.15) is 18.2 Å². The fraction of sp³-hybridized carbons (Fsp3) is 0.350. The molecule has 0 bridgehead atoms. The minimum absolute atomic E-state index is 0.0167. The number of rotatable bonds is 4. The molecule has 3 rings (SSSR count). The molecule has 3 unspecified atom stereocenters. The van der Waals surface area contributed by atoms with E-state index in [9.17, 15) is 37.4 Å². The van der Waals surface area contributed by atoms with Gasteiger partial charge in [0.15, 0.2) is 6.10 Å². The Morgan fingerprint density at radius 3 is 2.47 bits per heavy atom. The van der Waals surface area contributed by atoms with Crippen molar-refractivity contribution in [3.05, 3.63) is 52.4 Å². The lowest BCUT2D eigenvalue weighted by Gasteiger charge is -2.30. The SMILES string of the molecule is CCN(C(=O)C1C(O)C(O)C(=O)N1c1cc(C(F)(F)F)cc(C)n1)c1ccc(F)c(Cl)c1. The summed E-state index contributed by atoms with van der Waals surface area (Å²) in [5, 5.41) is 20.2. The van der Waals surface area contributed by atoms with Gasteiger partial charge in [-0.15, -0.1) is 0 Å². The molecule has 32 heavy (non-hydrogen) atoms. The zero-order chi connectivity index (χ0) is 24.0. The highest BCUT2D eigenvalue weighted by Gasteiger charge is 2.53. The topological polar surface area (TPSA) is 94.0 Å². The number of carbonyl (C=O) groups excluding carboxylic acids is 2. The summed E-state index contributed by atoms with van der Waals surface area (Å²) in [7, 11) is 0. The maximum Gasteiger partial charge on any atom is 0.416 e. The predicted molar refractivity (Wildman–Crippen MR) is 107 cm³/mol. The Labute approximate surface area is 184 Å². The lowest BCUT2D eigenvalue weighted by molar-refractivity contribution is -0.137. The van der Waals surface area contributed by atoms with E-state index in [2.05, 4.69) is 4.98 Å². The highest BCUT2D eigenvalue weighted by atomic mass is 35.5. The molecule has 1 aromatic heterocycles. The Morgan fingerprint density at radius 1 is 1.25 bits per heavy atom. The van der Waals surface area contributed by atoms with Crippen molar-refractivity contribution in [2.24, 2.45) is 0 Å². The molecule has 0 aliphatic carbocycles. The molecule has 0 saturated carbocycles. The van der Waals surface area contributed by atoms with Gasteiger partial charge >= 0.3 is 6.18 Å². The van der Waals surface area contributed by atoms with Crippen LogP contribution in [0, 0.1) is 12.7 Å². The number of benzene rings is 1. The number of nitrogens with zero attached hydrogens (tertiary/aromatic N) is 3. The van der Waals surface area contributed by atoms with Gasteiger partial charge in [-0.3, -0.25) is 14.5 Å². The third-order valence-electron chi connectivity index (χ3n) is 4.98. The van der Waals surface area contributed by atoms with Crippen molar-refractivity contribution in [2.45, 2.75) is 38.3 Å². The number of amides is 2. The minimum atomic E-state index is -4.76. The molecule has 1 saturated heterocycles. The first-order chi connectivity index (χ1) is 14.9. The Kier molecular flexibility index (Phi) is 6.45. The van der Waals surface area contributed by atoms with E-state index in [1.165, 1.54) is 13.0 Å². The molecular formula is C20H18ClF4N3O4. The second-order valence-corrected chi connectivity index (χ2v) is 7.53. The first-order valence-corrected chi connectivity index (χ1v) is 9.76. The second kappa shape index (κ2) is 8.64. The van der Waals surface area contributed by atoms with Crippen molar-refractivity contribution < 1.29 is 37.4 Å². The number of aromatic nitrogens is 1. The molecule has 1 aliphatic heterocycles. The smallest absolute Gasteiger partial charge is 0.387 e. The van der Waals surface area contributed by atoms with Crippen molar-refractivity contribution in [1.29, 1.82) is 0 Å². The van der Waals surface area contributed by atoms with E-state index < -0.39 is 53.4 Å². The van der Waals surface area contributed by atoms with Crippen molar-refractivity contribution in [3.63, 3.8) is 0 Å². The fourth-order valence-corrected chi connectivity index (χ4v) is 3.65. The standard InChI is InChI=1S/C20H18ClF4N3O4/c1-3-27(11-4-5-13(22)12(21)8-11)18(31)15-16(29)17(30)19(32)28(15)14-7-10(20(23,24)25)6-9(2)26-14/h4-8,15-17,29-30H,3H2,1-2H3. The Hall–Kier alpha value is -2.76. The normalized spacial score (nSPS) is 21.2. The molecule has 0 radical (unpaired) electrons. The van der Waals surface area contributed by atoms with E-state index in [1.54, 1.807) is 6.92 Å². The molecule has 2 heterocycles. The van der Waals surface area contributed by atoms with Gasteiger partial charge in [0, 0.05) is 17.9 Å². The number of anilines is 2. The summed E-state index contributed by atoms with van der Waals surface area (Å²) < 4.78 is 53.3. The van der Waals surface area contributed by atoms with Crippen LogP contribution in [0.25, 0.3) is 0 Å². The number of hydrogen-bond acceptors (Lipinski definition) is 5. The molecule has 3 atom stereocenters. The number of halogens is 5. The van der Waals surface area contributed by atoms with Crippen LogP contribution in [-0.4, -0.2) is 51.8 Å². The monoisotopic (exact) mass is 475 g/mol. The van der Waals surface area contributed by atoms with Gasteiger partial charge in [-0.05, 0) is 44.2 Å². The maximum atomic E-state index is 13.5. The van der Waals surface area contributed by atoms with Gasteiger partial charge in [0.1, 0.15) is 23.8 Å². The molecule has 2 aromatic rings. The number of carbonyl (C=O) groups is 2. The second-order valence-electron chi connectivity index (χ2n) is 7.12. The van der Waals surface area contributed by atoms with Gasteiger partial charge in [0.05, 0.1) is 10.6 Å². The minimum Gasteiger partial charge on any atom is -0.387 e. The van der Waals surface area contributed by atoms with Crippen molar-refractivity contribution in [1.82, 2.24) is 4.98 Å². The quantitative estimate of drug-likeness (QED) is 0.663. The van der Waals surface area contributed by atoms with Crippen molar-refractivity contribution >= 4 is 34.9 Å². The fourth-order valence-electron chi connectivity index (χ4n) is 3.48. The van der Waals surface area contributed by atoms with Gasteiger partial charge in [0.2, 0.25) is 0 Å². The maximum absolute atomic E-state index is 13.5. The zero-order valence-electron chi connectivity index (χ0n) is 16.8. The summed E-state index contributed by atoms with van der Waals surface area (Å²) in [4.78, 5) is 31.4. The molecule has 2 N–H and O–H groups in total. The van der Waals surface area contributed by atoms with Gasteiger partial charge in [-0.25, -0.2) is 9.37 Å². The lowest BCUT2D eigenvalue weighted by Crippen LogP contribution is -2.51. The highest BCUT2D eigenvalue weighted by Crippen LogP contribution is 2.35. The summed E-state index contributed by atoms with van der Waals surface area (Å²) in [6.45, 7) is 2.80. The third-order valence-corrected chi connectivity index (χ3v) is 5.27. The van der Waals surface area contributed by atoms with Gasteiger partial charge in [0.25, 0.3) is 11.8 Å². The average molecular weight is 476 g/mol. The van der Waals surface area contributed by atoms with Crippen LogP contribution in [0.4, 0.5) is 29.1 Å². The van der Waals surface area contributed by atoms with E-state index in [1.807, 2.05) is 0 Å². The molecule has 1 aliphatic rings. The van der Waals surface area contributed by atoms with Crippen LogP contribution < -0.4 is 9.80 Å². The van der Waals surface area contributed by atoms with E-state index in [0.717, 1.165) is 23.1 Å². The molecule has 7 nitrogen and oxygen atoms in total. The highest BCUT2D eigenvalue weighted by molar-refractivity contribution is 6.31. The summed E-state index contributed by atoms with van der Waals surface area (Å²) in [5.41, 5.74) is -1.09. The van der Waals surface area contributed by atoms with E-state index in [4.69, 9.17) is 11.6 Å². The van der Waals surface area contributed by atoms with Crippen LogP contribution in [0.5, 0.6) is 0 Å². The van der Waals surface area contributed by atoms with Crippen molar-refractivity contribution in [2.75, 3.05) is 16.3 Å². The van der Waals surface area contributed by atoms with Crippen LogP contribution >= 0.6 is 11.6 Å². The summed E-state index contributed by atoms with van der Waals surface area (Å²) in [6, 6.07) is 2.92. The van der Waals surface area contributed by atoms with Crippen LogP contribution in [0.15, 0.2) is 30.3 Å². The van der Waals surface area contributed by atoms with Crippen LogP contribution in [0.3, 0.4) is 0 Å². The Morgan fingerprint density at radius 2 is 1.91 bits per heavy atom.